The van der Waals surface area contributed by atoms with Crippen molar-refractivity contribution in [2.75, 3.05) is 39.3 Å². The molecule has 1 atom stereocenters. The van der Waals surface area contributed by atoms with E-state index in [0.29, 0.717) is 0 Å². The highest BCUT2D eigenvalue weighted by molar-refractivity contribution is 5.87. The van der Waals surface area contributed by atoms with Gasteiger partial charge in [-0.1, -0.05) is 6.92 Å². The van der Waals surface area contributed by atoms with Crippen LogP contribution in [0.1, 0.15) is 6.92 Å². The van der Waals surface area contributed by atoms with Crippen molar-refractivity contribution in [3.05, 3.63) is 0 Å². The standard InChI is InChI=1S/C10H17N3O3/c1-2-12-3-5-13(6-4-12)9(14)8-7-16-10(15)11-8/h8H,2-7H2,1H3,(H,11,15). The van der Waals surface area contributed by atoms with E-state index in [0.717, 1.165) is 32.7 Å². The van der Waals surface area contributed by atoms with Crippen LogP contribution in [0.3, 0.4) is 0 Å². The van der Waals surface area contributed by atoms with Crippen LogP contribution in [0.5, 0.6) is 0 Å². The van der Waals surface area contributed by atoms with E-state index < -0.39 is 12.1 Å². The SMILES string of the molecule is CCN1CCN(C(=O)C2COC(=O)N2)CC1. The Morgan fingerprint density at radius 2 is 2.12 bits per heavy atom. The fourth-order valence-corrected chi connectivity index (χ4v) is 2.02. The summed E-state index contributed by atoms with van der Waals surface area (Å²) in [5.41, 5.74) is 0. The van der Waals surface area contributed by atoms with E-state index in [9.17, 15) is 9.59 Å². The maximum atomic E-state index is 12.0. The molecule has 2 aliphatic heterocycles. The number of rotatable bonds is 2. The molecule has 2 fully saturated rings. The Kier molecular flexibility index (Phi) is 3.28. The highest BCUT2D eigenvalue weighted by Crippen LogP contribution is 2.07. The normalized spacial score (nSPS) is 26.4. The molecular formula is C10H17N3O3. The van der Waals surface area contributed by atoms with Crippen molar-refractivity contribution in [2.45, 2.75) is 13.0 Å². The third-order valence-electron chi connectivity index (χ3n) is 3.10. The summed E-state index contributed by atoms with van der Waals surface area (Å²) in [6, 6.07) is -0.485. The quantitative estimate of drug-likeness (QED) is 0.675. The van der Waals surface area contributed by atoms with Gasteiger partial charge in [-0.25, -0.2) is 4.79 Å². The molecule has 0 aromatic heterocycles. The molecule has 0 radical (unpaired) electrons. The van der Waals surface area contributed by atoms with E-state index in [1.54, 1.807) is 4.90 Å². The van der Waals surface area contributed by atoms with E-state index in [2.05, 4.69) is 17.1 Å². The highest BCUT2D eigenvalue weighted by atomic mass is 16.6. The summed E-state index contributed by atoms with van der Waals surface area (Å²) in [6.45, 7) is 6.57. The molecule has 0 bridgehead atoms. The smallest absolute Gasteiger partial charge is 0.407 e. The molecule has 2 aliphatic rings. The third kappa shape index (κ3) is 2.27. The van der Waals surface area contributed by atoms with Crippen LogP contribution in [0.4, 0.5) is 4.79 Å². The van der Waals surface area contributed by atoms with Gasteiger partial charge in [0.1, 0.15) is 12.6 Å². The zero-order valence-corrected chi connectivity index (χ0v) is 9.44. The molecule has 1 N–H and O–H groups in total. The van der Waals surface area contributed by atoms with Gasteiger partial charge in [0.15, 0.2) is 0 Å². The van der Waals surface area contributed by atoms with Crippen LogP contribution in [0.15, 0.2) is 0 Å². The molecule has 0 aromatic carbocycles. The van der Waals surface area contributed by atoms with Crippen LogP contribution in [-0.2, 0) is 9.53 Å². The van der Waals surface area contributed by atoms with Crippen molar-refractivity contribution in [3.8, 4) is 0 Å². The molecule has 0 spiro atoms. The second kappa shape index (κ2) is 4.69. The molecule has 0 aromatic rings. The summed E-state index contributed by atoms with van der Waals surface area (Å²) in [5, 5.41) is 2.51. The predicted molar refractivity (Wildman–Crippen MR) is 57.0 cm³/mol. The molecule has 1 unspecified atom stereocenters. The number of hydrogen-bond acceptors (Lipinski definition) is 4. The Balaban J connectivity index is 1.84. The number of carbonyl (C=O) groups is 2. The minimum Gasteiger partial charge on any atom is -0.447 e. The van der Waals surface area contributed by atoms with Crippen molar-refractivity contribution in [1.82, 2.24) is 15.1 Å². The number of piperazine rings is 1. The van der Waals surface area contributed by atoms with E-state index in [-0.39, 0.29) is 12.5 Å². The largest absolute Gasteiger partial charge is 0.447 e. The first-order valence-corrected chi connectivity index (χ1v) is 5.65. The summed E-state index contributed by atoms with van der Waals surface area (Å²) in [6.07, 6.45) is -0.495. The van der Waals surface area contributed by atoms with Crippen LogP contribution >= 0.6 is 0 Å². The lowest BCUT2D eigenvalue weighted by Crippen LogP contribution is -2.53. The van der Waals surface area contributed by atoms with Gasteiger partial charge in [0, 0.05) is 26.2 Å². The average Bonchev–Trinajstić information content (AvgIpc) is 2.75. The molecular weight excluding hydrogens is 210 g/mol. The van der Waals surface area contributed by atoms with Gasteiger partial charge in [-0.05, 0) is 6.54 Å². The van der Waals surface area contributed by atoms with Crippen LogP contribution in [-0.4, -0.2) is 67.2 Å². The molecule has 0 saturated carbocycles. The Labute approximate surface area is 94.5 Å². The van der Waals surface area contributed by atoms with Gasteiger partial charge in [-0.3, -0.25) is 4.79 Å². The Bertz CT molecular complexity index is 287. The molecule has 2 saturated heterocycles. The van der Waals surface area contributed by atoms with Gasteiger partial charge >= 0.3 is 6.09 Å². The Morgan fingerprint density at radius 3 is 2.62 bits per heavy atom. The minimum absolute atomic E-state index is 0.0263. The summed E-state index contributed by atoms with van der Waals surface area (Å²) in [4.78, 5) is 26.9. The van der Waals surface area contributed by atoms with Crippen molar-refractivity contribution in [2.24, 2.45) is 0 Å². The van der Waals surface area contributed by atoms with Crippen molar-refractivity contribution in [1.29, 1.82) is 0 Å². The van der Waals surface area contributed by atoms with Gasteiger partial charge < -0.3 is 19.9 Å². The van der Waals surface area contributed by atoms with Gasteiger partial charge in [-0.2, -0.15) is 0 Å². The van der Waals surface area contributed by atoms with Gasteiger partial charge in [0.2, 0.25) is 5.91 Å². The minimum atomic E-state index is -0.495. The second-order valence-corrected chi connectivity index (χ2v) is 4.05. The predicted octanol–water partition coefficient (Wildman–Crippen LogP) is -0.741. The molecule has 6 nitrogen and oxygen atoms in total. The maximum Gasteiger partial charge on any atom is 0.407 e. The molecule has 90 valence electrons. The summed E-state index contributed by atoms with van der Waals surface area (Å²) < 4.78 is 4.71. The lowest BCUT2D eigenvalue weighted by molar-refractivity contribution is -0.134. The molecule has 16 heavy (non-hydrogen) atoms. The van der Waals surface area contributed by atoms with Crippen LogP contribution in [0.25, 0.3) is 0 Å². The number of nitrogens with zero attached hydrogens (tertiary/aromatic N) is 2. The first-order chi connectivity index (χ1) is 7.70. The third-order valence-corrected chi connectivity index (χ3v) is 3.10. The van der Waals surface area contributed by atoms with Crippen molar-refractivity contribution < 1.29 is 14.3 Å². The van der Waals surface area contributed by atoms with Gasteiger partial charge in [-0.15, -0.1) is 0 Å². The van der Waals surface area contributed by atoms with Gasteiger partial charge in [0.05, 0.1) is 0 Å². The number of alkyl carbamates (subject to hydrolysis) is 1. The number of amides is 2. The first kappa shape index (κ1) is 11.2. The first-order valence-electron chi connectivity index (χ1n) is 5.65. The lowest BCUT2D eigenvalue weighted by atomic mass is 10.2. The number of likely N-dealkylation sites (N-methyl/N-ethyl adjacent to an activating group) is 1. The second-order valence-electron chi connectivity index (χ2n) is 4.05. The van der Waals surface area contributed by atoms with E-state index in [1.165, 1.54) is 0 Å². The van der Waals surface area contributed by atoms with E-state index >= 15 is 0 Å². The summed E-state index contributed by atoms with van der Waals surface area (Å²) in [7, 11) is 0. The number of hydrogen-bond donors (Lipinski definition) is 1. The highest BCUT2D eigenvalue weighted by Gasteiger charge is 2.33. The van der Waals surface area contributed by atoms with E-state index in [4.69, 9.17) is 4.74 Å². The summed E-state index contributed by atoms with van der Waals surface area (Å²) >= 11 is 0. The van der Waals surface area contributed by atoms with Crippen LogP contribution in [0, 0.1) is 0 Å². The number of cyclic esters (lactones) is 1. The topological polar surface area (TPSA) is 61.9 Å². The van der Waals surface area contributed by atoms with Crippen molar-refractivity contribution in [3.63, 3.8) is 0 Å². The molecule has 6 heteroatoms. The monoisotopic (exact) mass is 227 g/mol. The molecule has 2 amide bonds. The molecule has 2 rings (SSSR count). The fraction of sp³-hybridized carbons (Fsp3) is 0.800. The lowest BCUT2D eigenvalue weighted by Gasteiger charge is -2.34. The Morgan fingerprint density at radius 1 is 1.44 bits per heavy atom. The summed E-state index contributed by atoms with van der Waals surface area (Å²) in [5.74, 6) is -0.0263. The number of nitrogens with one attached hydrogen (secondary N) is 1. The van der Waals surface area contributed by atoms with E-state index in [1.807, 2.05) is 0 Å². The zero-order valence-electron chi connectivity index (χ0n) is 9.44. The zero-order chi connectivity index (χ0) is 11.5. The Hall–Kier alpha value is -1.30. The van der Waals surface area contributed by atoms with Gasteiger partial charge in [0.25, 0.3) is 0 Å². The van der Waals surface area contributed by atoms with Crippen molar-refractivity contribution >= 4 is 12.0 Å². The average molecular weight is 227 g/mol. The fourth-order valence-electron chi connectivity index (χ4n) is 2.02. The molecule has 0 aliphatic carbocycles. The number of ether oxygens (including phenoxy) is 1. The maximum absolute atomic E-state index is 12.0. The number of carbonyl (C=O) groups excluding carboxylic acids is 2. The van der Waals surface area contributed by atoms with Crippen LogP contribution < -0.4 is 5.32 Å². The van der Waals surface area contributed by atoms with Crippen LogP contribution in [0.2, 0.25) is 0 Å². The molecule has 2 heterocycles.